The Balaban J connectivity index is 2.34. The van der Waals surface area contributed by atoms with E-state index in [0.717, 1.165) is 43.4 Å². The summed E-state index contributed by atoms with van der Waals surface area (Å²) < 4.78 is 7.37. The number of nitrogen functional groups attached to an aromatic ring is 1. The summed E-state index contributed by atoms with van der Waals surface area (Å²) in [6.45, 7) is 6.55. The minimum Gasteiger partial charge on any atom is -0.394 e. The summed E-state index contributed by atoms with van der Waals surface area (Å²) >= 11 is 0. The molecule has 16 heavy (non-hydrogen) atoms. The van der Waals surface area contributed by atoms with Gasteiger partial charge in [-0.3, -0.25) is 4.68 Å². The SMILES string of the molecule is CCC1COCCN1c1c(N)c(C)nn1C. The highest BCUT2D eigenvalue weighted by Gasteiger charge is 2.26. The van der Waals surface area contributed by atoms with Gasteiger partial charge >= 0.3 is 0 Å². The first-order valence-corrected chi connectivity index (χ1v) is 5.78. The molecule has 0 saturated carbocycles. The summed E-state index contributed by atoms with van der Waals surface area (Å²) in [6.07, 6.45) is 1.06. The smallest absolute Gasteiger partial charge is 0.150 e. The number of morpholine rings is 1. The fraction of sp³-hybridized carbons (Fsp3) is 0.727. The maximum atomic E-state index is 6.09. The Morgan fingerprint density at radius 2 is 2.31 bits per heavy atom. The Bertz CT molecular complexity index is 374. The van der Waals surface area contributed by atoms with Gasteiger partial charge in [0.15, 0.2) is 5.82 Å². The standard InChI is InChI=1S/C11H20N4O/c1-4-9-7-16-6-5-15(9)11-10(12)8(2)13-14(11)3/h9H,4-7,12H2,1-3H3. The second kappa shape index (κ2) is 4.33. The number of hydrogen-bond donors (Lipinski definition) is 1. The van der Waals surface area contributed by atoms with Crippen LogP contribution < -0.4 is 10.6 Å². The third-order valence-corrected chi connectivity index (χ3v) is 3.21. The zero-order chi connectivity index (χ0) is 11.7. The maximum Gasteiger partial charge on any atom is 0.150 e. The van der Waals surface area contributed by atoms with Crippen molar-refractivity contribution >= 4 is 11.5 Å². The van der Waals surface area contributed by atoms with Crippen LogP contribution in [0, 0.1) is 6.92 Å². The number of rotatable bonds is 2. The molecule has 90 valence electrons. The largest absolute Gasteiger partial charge is 0.394 e. The van der Waals surface area contributed by atoms with E-state index < -0.39 is 0 Å². The lowest BCUT2D eigenvalue weighted by atomic mass is 10.1. The Kier molecular flexibility index (Phi) is 3.05. The first-order valence-electron chi connectivity index (χ1n) is 5.78. The summed E-state index contributed by atoms with van der Waals surface area (Å²) in [6, 6.07) is 0.408. The van der Waals surface area contributed by atoms with E-state index in [9.17, 15) is 0 Å². The predicted molar refractivity (Wildman–Crippen MR) is 64.6 cm³/mol. The first kappa shape index (κ1) is 11.3. The monoisotopic (exact) mass is 224 g/mol. The van der Waals surface area contributed by atoms with Crippen molar-refractivity contribution in [3.05, 3.63) is 5.69 Å². The van der Waals surface area contributed by atoms with E-state index in [1.165, 1.54) is 0 Å². The molecule has 0 radical (unpaired) electrons. The molecule has 1 saturated heterocycles. The van der Waals surface area contributed by atoms with E-state index in [2.05, 4.69) is 16.9 Å². The molecule has 1 fully saturated rings. The fourth-order valence-electron chi connectivity index (χ4n) is 2.27. The van der Waals surface area contributed by atoms with Crippen LogP contribution in [-0.4, -0.2) is 35.6 Å². The fourth-order valence-corrected chi connectivity index (χ4v) is 2.27. The molecule has 0 aromatic carbocycles. The van der Waals surface area contributed by atoms with Crippen LogP contribution in [-0.2, 0) is 11.8 Å². The van der Waals surface area contributed by atoms with Crippen LogP contribution in [0.15, 0.2) is 0 Å². The van der Waals surface area contributed by atoms with Crippen LogP contribution in [0.4, 0.5) is 11.5 Å². The van der Waals surface area contributed by atoms with Gasteiger partial charge in [0.2, 0.25) is 0 Å². The number of anilines is 2. The van der Waals surface area contributed by atoms with Gasteiger partial charge in [-0.15, -0.1) is 0 Å². The van der Waals surface area contributed by atoms with Crippen molar-refractivity contribution in [2.45, 2.75) is 26.3 Å². The molecule has 2 N–H and O–H groups in total. The Morgan fingerprint density at radius 1 is 1.56 bits per heavy atom. The minimum atomic E-state index is 0.408. The second-order valence-corrected chi connectivity index (χ2v) is 4.28. The molecule has 0 amide bonds. The molecule has 0 aliphatic carbocycles. The molecule has 2 heterocycles. The van der Waals surface area contributed by atoms with Crippen LogP contribution >= 0.6 is 0 Å². The number of hydrogen-bond acceptors (Lipinski definition) is 4. The van der Waals surface area contributed by atoms with E-state index in [4.69, 9.17) is 10.5 Å². The molecule has 2 rings (SSSR count). The predicted octanol–water partition coefficient (Wildman–Crippen LogP) is 0.926. The average molecular weight is 224 g/mol. The minimum absolute atomic E-state index is 0.408. The molecule has 1 aliphatic rings. The van der Waals surface area contributed by atoms with Crippen molar-refractivity contribution < 1.29 is 4.74 Å². The van der Waals surface area contributed by atoms with Gasteiger partial charge in [0.25, 0.3) is 0 Å². The number of aromatic nitrogens is 2. The van der Waals surface area contributed by atoms with Crippen molar-refractivity contribution in [3.8, 4) is 0 Å². The molecule has 0 bridgehead atoms. The molecule has 1 aliphatic heterocycles. The lowest BCUT2D eigenvalue weighted by Crippen LogP contribution is -2.46. The third kappa shape index (κ3) is 1.75. The molecule has 1 aromatic heterocycles. The topological polar surface area (TPSA) is 56.3 Å². The van der Waals surface area contributed by atoms with Crippen LogP contribution in [0.3, 0.4) is 0 Å². The number of ether oxygens (including phenoxy) is 1. The quantitative estimate of drug-likeness (QED) is 0.812. The first-order chi connectivity index (χ1) is 7.65. The van der Waals surface area contributed by atoms with Crippen molar-refractivity contribution in [2.24, 2.45) is 7.05 Å². The summed E-state index contributed by atoms with van der Waals surface area (Å²) in [4.78, 5) is 2.32. The molecular weight excluding hydrogens is 204 g/mol. The highest BCUT2D eigenvalue weighted by molar-refractivity contribution is 5.66. The van der Waals surface area contributed by atoms with Gasteiger partial charge in [-0.2, -0.15) is 5.10 Å². The highest BCUT2D eigenvalue weighted by Crippen LogP contribution is 2.29. The van der Waals surface area contributed by atoms with E-state index in [0.29, 0.717) is 6.04 Å². The third-order valence-electron chi connectivity index (χ3n) is 3.21. The molecule has 1 unspecified atom stereocenters. The van der Waals surface area contributed by atoms with Crippen LogP contribution in [0.5, 0.6) is 0 Å². The zero-order valence-electron chi connectivity index (χ0n) is 10.2. The number of aryl methyl sites for hydroxylation is 2. The van der Waals surface area contributed by atoms with Crippen molar-refractivity contribution in [2.75, 3.05) is 30.4 Å². The van der Waals surface area contributed by atoms with Gasteiger partial charge in [0, 0.05) is 13.6 Å². The second-order valence-electron chi connectivity index (χ2n) is 4.28. The van der Waals surface area contributed by atoms with E-state index in [-0.39, 0.29) is 0 Å². The van der Waals surface area contributed by atoms with Gasteiger partial charge in [0.1, 0.15) is 0 Å². The van der Waals surface area contributed by atoms with Crippen LogP contribution in [0.25, 0.3) is 0 Å². The summed E-state index contributed by atoms with van der Waals surface area (Å²) in [5, 5.41) is 4.36. The van der Waals surface area contributed by atoms with Crippen molar-refractivity contribution in [3.63, 3.8) is 0 Å². The Labute approximate surface area is 96.2 Å². The molecule has 0 spiro atoms. The molecule has 1 aromatic rings. The van der Waals surface area contributed by atoms with Crippen LogP contribution in [0.2, 0.25) is 0 Å². The normalized spacial score (nSPS) is 21.4. The van der Waals surface area contributed by atoms with Gasteiger partial charge in [0.05, 0.1) is 30.6 Å². The molecule has 5 heteroatoms. The van der Waals surface area contributed by atoms with Gasteiger partial charge < -0.3 is 15.4 Å². The maximum absolute atomic E-state index is 6.09. The lowest BCUT2D eigenvalue weighted by Gasteiger charge is -2.36. The van der Waals surface area contributed by atoms with Gasteiger partial charge in [-0.25, -0.2) is 0 Å². The van der Waals surface area contributed by atoms with Crippen molar-refractivity contribution in [1.29, 1.82) is 0 Å². The van der Waals surface area contributed by atoms with E-state index in [1.807, 2.05) is 18.7 Å². The Hall–Kier alpha value is -1.23. The lowest BCUT2D eigenvalue weighted by molar-refractivity contribution is 0.0922. The summed E-state index contributed by atoms with van der Waals surface area (Å²) in [7, 11) is 1.95. The summed E-state index contributed by atoms with van der Waals surface area (Å²) in [5.74, 6) is 1.03. The highest BCUT2D eigenvalue weighted by atomic mass is 16.5. The molecule has 5 nitrogen and oxygen atoms in total. The van der Waals surface area contributed by atoms with Crippen molar-refractivity contribution in [1.82, 2.24) is 9.78 Å². The van der Waals surface area contributed by atoms with Gasteiger partial charge in [-0.1, -0.05) is 6.92 Å². The number of nitrogens with zero attached hydrogens (tertiary/aromatic N) is 3. The zero-order valence-corrected chi connectivity index (χ0v) is 10.2. The average Bonchev–Trinajstić information content (AvgIpc) is 2.53. The number of nitrogens with two attached hydrogens (primary N) is 1. The van der Waals surface area contributed by atoms with Gasteiger partial charge in [-0.05, 0) is 13.3 Å². The van der Waals surface area contributed by atoms with Crippen LogP contribution in [0.1, 0.15) is 19.0 Å². The Morgan fingerprint density at radius 3 is 2.88 bits per heavy atom. The molecular formula is C11H20N4O. The molecule has 1 atom stereocenters. The summed E-state index contributed by atoms with van der Waals surface area (Å²) in [5.41, 5.74) is 7.78. The van der Waals surface area contributed by atoms with E-state index in [1.54, 1.807) is 0 Å². The van der Waals surface area contributed by atoms with E-state index >= 15 is 0 Å².